The van der Waals surface area contributed by atoms with E-state index in [4.69, 9.17) is 10.5 Å². The molecule has 0 aliphatic carbocycles. The van der Waals surface area contributed by atoms with Crippen molar-refractivity contribution in [2.75, 3.05) is 36.7 Å². The van der Waals surface area contributed by atoms with Crippen LogP contribution in [0, 0.1) is 5.82 Å². The number of nitrogens with zero attached hydrogens (tertiary/aromatic N) is 5. The number of benzene rings is 1. The average molecular weight is 588 g/mol. The van der Waals surface area contributed by atoms with E-state index in [1.54, 1.807) is 6.07 Å². The third-order valence-electron chi connectivity index (χ3n) is 6.74. The number of aromatic nitrogens is 4. The molecule has 1 saturated heterocycles. The van der Waals surface area contributed by atoms with Crippen LogP contribution in [0.25, 0.3) is 22.4 Å². The van der Waals surface area contributed by atoms with Gasteiger partial charge in [-0.25, -0.2) is 27.5 Å². The molecule has 0 radical (unpaired) electrons. The Labute approximate surface area is 234 Å². The second-order valence-corrected chi connectivity index (χ2v) is 11.7. The number of rotatable bonds is 8. The van der Waals surface area contributed by atoms with Gasteiger partial charge in [-0.2, -0.15) is 13.9 Å². The molecule has 1 atom stereocenters. The molecular weight excluding hydrogens is 559 g/mol. The lowest BCUT2D eigenvalue weighted by atomic mass is 10.0. The summed E-state index contributed by atoms with van der Waals surface area (Å²) in [6.45, 7) is -1.53. The number of methoxy groups -OCH3 is 1. The quantitative estimate of drug-likeness (QED) is 0.303. The number of piperidine rings is 1. The molecule has 41 heavy (non-hydrogen) atoms. The molecule has 1 aliphatic rings. The molecule has 1 aliphatic heterocycles. The van der Waals surface area contributed by atoms with Crippen LogP contribution in [0.4, 0.5) is 30.5 Å². The highest BCUT2D eigenvalue weighted by Gasteiger charge is 2.24. The molecule has 3 aromatic heterocycles. The highest BCUT2D eigenvalue weighted by molar-refractivity contribution is 7.90. The van der Waals surface area contributed by atoms with Crippen LogP contribution in [0.5, 0.6) is 5.75 Å². The Morgan fingerprint density at radius 3 is 2.66 bits per heavy atom. The minimum absolute atomic E-state index is 0.0616. The fraction of sp³-hybridized carbons (Fsp3) is 0.296. The molecule has 0 saturated carbocycles. The van der Waals surface area contributed by atoms with Gasteiger partial charge in [0, 0.05) is 60.7 Å². The SMILES string of the molecule is COc1cccc(F)c1-c1nc(Nc2cc(N3CCC[C@H](N)C3)c(-c3cnn(C(F)F)c3)cn2)ccc1S(C)(=O)=O. The number of nitrogens with one attached hydrogen (secondary N) is 1. The molecule has 1 aromatic carbocycles. The zero-order chi connectivity index (χ0) is 29.3. The predicted octanol–water partition coefficient (Wildman–Crippen LogP) is 4.62. The number of nitrogens with two attached hydrogens (primary N) is 1. The smallest absolute Gasteiger partial charge is 0.333 e. The number of hydrogen-bond acceptors (Lipinski definition) is 9. The van der Waals surface area contributed by atoms with E-state index in [0.717, 1.165) is 19.1 Å². The maximum absolute atomic E-state index is 15.0. The second-order valence-electron chi connectivity index (χ2n) is 9.68. The molecule has 5 rings (SSSR count). The fourth-order valence-corrected chi connectivity index (χ4v) is 5.65. The number of alkyl halides is 2. The first-order chi connectivity index (χ1) is 19.5. The Morgan fingerprint density at radius 1 is 1.17 bits per heavy atom. The van der Waals surface area contributed by atoms with E-state index in [2.05, 4.69) is 25.3 Å². The van der Waals surface area contributed by atoms with Crippen molar-refractivity contribution >= 4 is 27.2 Å². The Bertz CT molecular complexity index is 1680. The van der Waals surface area contributed by atoms with Gasteiger partial charge in [0.15, 0.2) is 9.84 Å². The van der Waals surface area contributed by atoms with E-state index < -0.39 is 22.2 Å². The van der Waals surface area contributed by atoms with E-state index in [0.29, 0.717) is 40.4 Å². The van der Waals surface area contributed by atoms with Crippen LogP contribution in [0.1, 0.15) is 19.4 Å². The maximum Gasteiger partial charge on any atom is 0.333 e. The van der Waals surface area contributed by atoms with Crippen LogP contribution >= 0.6 is 0 Å². The molecule has 216 valence electrons. The average Bonchev–Trinajstić information content (AvgIpc) is 3.43. The first-order valence-electron chi connectivity index (χ1n) is 12.7. The number of halogens is 3. The number of sulfone groups is 1. The van der Waals surface area contributed by atoms with Gasteiger partial charge in [0.1, 0.15) is 23.2 Å². The molecular formula is C27H28F3N7O3S. The van der Waals surface area contributed by atoms with Crippen molar-refractivity contribution in [3.8, 4) is 28.1 Å². The van der Waals surface area contributed by atoms with Crippen LogP contribution in [-0.4, -0.2) is 60.7 Å². The molecule has 0 spiro atoms. The van der Waals surface area contributed by atoms with Gasteiger partial charge in [0.05, 0.1) is 29.5 Å². The molecule has 4 aromatic rings. The van der Waals surface area contributed by atoms with Gasteiger partial charge < -0.3 is 20.7 Å². The predicted molar refractivity (Wildman–Crippen MR) is 149 cm³/mol. The van der Waals surface area contributed by atoms with Crippen LogP contribution in [0.3, 0.4) is 0 Å². The van der Waals surface area contributed by atoms with Crippen LogP contribution in [-0.2, 0) is 9.84 Å². The van der Waals surface area contributed by atoms with Crippen molar-refractivity contribution in [2.45, 2.75) is 30.3 Å². The Hall–Kier alpha value is -4.17. The molecule has 1 fully saturated rings. The van der Waals surface area contributed by atoms with E-state index in [-0.39, 0.29) is 33.8 Å². The summed E-state index contributed by atoms with van der Waals surface area (Å²) >= 11 is 0. The first kappa shape index (κ1) is 28.4. The molecule has 0 unspecified atom stereocenters. The summed E-state index contributed by atoms with van der Waals surface area (Å²) in [5.41, 5.74) is 7.77. The Morgan fingerprint density at radius 2 is 1.98 bits per heavy atom. The maximum atomic E-state index is 15.0. The molecule has 14 heteroatoms. The number of anilines is 3. The number of hydrogen-bond donors (Lipinski definition) is 2. The van der Waals surface area contributed by atoms with Gasteiger partial charge in [-0.15, -0.1) is 0 Å². The molecule has 3 N–H and O–H groups in total. The van der Waals surface area contributed by atoms with Crippen molar-refractivity contribution in [3.05, 3.63) is 60.8 Å². The van der Waals surface area contributed by atoms with E-state index in [9.17, 15) is 21.6 Å². The molecule has 4 heterocycles. The van der Waals surface area contributed by atoms with Crippen molar-refractivity contribution in [3.63, 3.8) is 0 Å². The lowest BCUT2D eigenvalue weighted by Crippen LogP contribution is -2.43. The molecule has 10 nitrogen and oxygen atoms in total. The van der Waals surface area contributed by atoms with Gasteiger partial charge in [-0.05, 0) is 37.1 Å². The van der Waals surface area contributed by atoms with Gasteiger partial charge in [-0.3, -0.25) is 0 Å². The van der Waals surface area contributed by atoms with E-state index in [1.165, 1.54) is 56.0 Å². The highest BCUT2D eigenvalue weighted by atomic mass is 32.2. The van der Waals surface area contributed by atoms with Crippen molar-refractivity contribution in [1.29, 1.82) is 0 Å². The van der Waals surface area contributed by atoms with Crippen molar-refractivity contribution in [2.24, 2.45) is 5.73 Å². The summed E-state index contributed by atoms with van der Waals surface area (Å²) in [7, 11) is -2.44. The largest absolute Gasteiger partial charge is 0.496 e. The van der Waals surface area contributed by atoms with Crippen LogP contribution < -0.4 is 20.7 Å². The van der Waals surface area contributed by atoms with E-state index in [1.807, 2.05) is 0 Å². The monoisotopic (exact) mass is 587 g/mol. The molecule has 0 amide bonds. The van der Waals surface area contributed by atoms with E-state index >= 15 is 0 Å². The van der Waals surface area contributed by atoms with Gasteiger partial charge in [0.25, 0.3) is 0 Å². The summed E-state index contributed by atoms with van der Waals surface area (Å²) in [5, 5.41) is 6.81. The van der Waals surface area contributed by atoms with Gasteiger partial charge in [0.2, 0.25) is 0 Å². The number of ether oxygens (including phenoxy) is 1. The minimum atomic E-state index is -3.79. The van der Waals surface area contributed by atoms with Crippen LogP contribution in [0.15, 0.2) is 59.9 Å². The van der Waals surface area contributed by atoms with Gasteiger partial charge in [-0.1, -0.05) is 6.07 Å². The number of pyridine rings is 2. The lowest BCUT2D eigenvalue weighted by Gasteiger charge is -2.34. The fourth-order valence-electron chi connectivity index (χ4n) is 4.84. The molecule has 0 bridgehead atoms. The van der Waals surface area contributed by atoms with Crippen molar-refractivity contribution in [1.82, 2.24) is 19.7 Å². The zero-order valence-electron chi connectivity index (χ0n) is 22.3. The topological polar surface area (TPSA) is 128 Å². The summed E-state index contributed by atoms with van der Waals surface area (Å²) in [4.78, 5) is 10.8. The second kappa shape index (κ2) is 11.4. The Kier molecular flexibility index (Phi) is 7.87. The third kappa shape index (κ3) is 5.98. The minimum Gasteiger partial charge on any atom is -0.496 e. The lowest BCUT2D eigenvalue weighted by molar-refractivity contribution is 0.0566. The standard InChI is InChI=1S/C27H28F3N7O3S/c1-40-21-7-3-6-19(28)25(21)26-22(41(2,38)39)8-9-23(35-26)34-24-11-20(36-10-4-5-17(31)15-36)18(13-32-24)16-12-33-37(14-16)27(29)30/h3,6-9,11-14,17,27H,4-5,10,15,31H2,1-2H3,(H,32,34,35)/t17-/m0/s1. The van der Waals surface area contributed by atoms with Crippen molar-refractivity contribution < 1.29 is 26.3 Å². The summed E-state index contributed by atoms with van der Waals surface area (Å²) < 4.78 is 72.4. The summed E-state index contributed by atoms with van der Waals surface area (Å²) in [5.74, 6) is -0.0375. The zero-order valence-corrected chi connectivity index (χ0v) is 23.1. The first-order valence-corrected chi connectivity index (χ1v) is 14.6. The van der Waals surface area contributed by atoms with Crippen LogP contribution in [0.2, 0.25) is 0 Å². The Balaban J connectivity index is 1.58. The highest BCUT2D eigenvalue weighted by Crippen LogP contribution is 2.38. The van der Waals surface area contributed by atoms with Gasteiger partial charge >= 0.3 is 6.55 Å². The third-order valence-corrected chi connectivity index (χ3v) is 7.87. The summed E-state index contributed by atoms with van der Waals surface area (Å²) in [6, 6.07) is 8.62. The normalized spacial score (nSPS) is 15.8. The summed E-state index contributed by atoms with van der Waals surface area (Å²) in [6.07, 6.45) is 6.87.